The zero-order valence-electron chi connectivity index (χ0n) is 19.7. The van der Waals surface area contributed by atoms with Crippen LogP contribution in [0.15, 0.2) is 54.9 Å². The van der Waals surface area contributed by atoms with Crippen molar-refractivity contribution in [2.24, 2.45) is 0 Å². The summed E-state index contributed by atoms with van der Waals surface area (Å²) in [5.74, 6) is 0.570. The maximum absolute atomic E-state index is 14.8. The van der Waals surface area contributed by atoms with E-state index >= 15 is 0 Å². The number of aryl methyl sites for hydroxylation is 2. The molecule has 0 atom stereocenters. The van der Waals surface area contributed by atoms with Gasteiger partial charge in [-0.05, 0) is 48.4 Å². The van der Waals surface area contributed by atoms with E-state index in [0.29, 0.717) is 11.4 Å². The fourth-order valence-corrected chi connectivity index (χ4v) is 4.07. The Hall–Kier alpha value is -2.55. The van der Waals surface area contributed by atoms with Crippen LogP contribution in [0.25, 0.3) is 22.5 Å². The van der Waals surface area contributed by atoms with Gasteiger partial charge in [-0.25, -0.2) is 14.4 Å². The highest BCUT2D eigenvalue weighted by Crippen LogP contribution is 2.26. The van der Waals surface area contributed by atoms with Crippen molar-refractivity contribution in [2.75, 3.05) is 0 Å². The molecule has 0 spiro atoms. The van der Waals surface area contributed by atoms with Crippen LogP contribution in [-0.4, -0.2) is 9.97 Å². The molecule has 0 saturated heterocycles. The molecule has 3 heteroatoms. The van der Waals surface area contributed by atoms with Crippen LogP contribution in [0, 0.1) is 5.82 Å². The van der Waals surface area contributed by atoms with E-state index in [1.165, 1.54) is 56.9 Å². The molecule has 1 aromatic heterocycles. The third-order valence-electron chi connectivity index (χ3n) is 6.08. The van der Waals surface area contributed by atoms with Crippen LogP contribution in [-0.2, 0) is 12.8 Å². The molecule has 1 heterocycles. The lowest BCUT2D eigenvalue weighted by Crippen LogP contribution is -1.94. The first-order valence-electron chi connectivity index (χ1n) is 12.4. The summed E-state index contributed by atoms with van der Waals surface area (Å²) in [4.78, 5) is 9.08. The normalized spacial score (nSPS) is 11.1. The molecular weight excluding hydrogens is 395 g/mol. The molecule has 0 aliphatic carbocycles. The minimum atomic E-state index is -0.146. The molecule has 3 rings (SSSR count). The minimum Gasteiger partial charge on any atom is -0.236 e. The quantitative estimate of drug-likeness (QED) is 0.253. The third kappa shape index (κ3) is 7.25. The van der Waals surface area contributed by atoms with Crippen molar-refractivity contribution in [3.05, 3.63) is 71.8 Å². The lowest BCUT2D eigenvalue weighted by Gasteiger charge is -2.08. The van der Waals surface area contributed by atoms with E-state index in [1.807, 2.05) is 42.7 Å². The van der Waals surface area contributed by atoms with Crippen molar-refractivity contribution in [3.8, 4) is 22.5 Å². The van der Waals surface area contributed by atoms with Crippen LogP contribution in [0.3, 0.4) is 0 Å². The van der Waals surface area contributed by atoms with E-state index in [1.54, 1.807) is 6.07 Å². The number of hydrogen-bond donors (Lipinski definition) is 0. The Morgan fingerprint density at radius 2 is 1.19 bits per heavy atom. The van der Waals surface area contributed by atoms with Crippen LogP contribution in [0.1, 0.15) is 82.8 Å². The topological polar surface area (TPSA) is 25.8 Å². The van der Waals surface area contributed by atoms with Crippen LogP contribution < -0.4 is 0 Å². The smallest absolute Gasteiger partial charge is 0.159 e. The van der Waals surface area contributed by atoms with Gasteiger partial charge in [0.25, 0.3) is 0 Å². The Morgan fingerprint density at radius 1 is 0.625 bits per heavy atom. The monoisotopic (exact) mass is 432 g/mol. The van der Waals surface area contributed by atoms with Gasteiger partial charge in [-0.15, -0.1) is 0 Å². The first kappa shape index (κ1) is 24.1. The number of rotatable bonds is 13. The summed E-state index contributed by atoms with van der Waals surface area (Å²) in [7, 11) is 0. The van der Waals surface area contributed by atoms with Gasteiger partial charge < -0.3 is 0 Å². The molecule has 0 unspecified atom stereocenters. The third-order valence-corrected chi connectivity index (χ3v) is 6.08. The van der Waals surface area contributed by atoms with Crippen LogP contribution in [0.4, 0.5) is 4.39 Å². The Morgan fingerprint density at radius 3 is 1.81 bits per heavy atom. The Labute approximate surface area is 193 Å². The zero-order chi connectivity index (χ0) is 22.6. The number of nitrogens with zero attached hydrogens (tertiary/aromatic N) is 2. The van der Waals surface area contributed by atoms with E-state index in [9.17, 15) is 4.39 Å². The summed E-state index contributed by atoms with van der Waals surface area (Å²) in [6.45, 7) is 4.45. The van der Waals surface area contributed by atoms with Crippen molar-refractivity contribution < 1.29 is 4.39 Å². The van der Waals surface area contributed by atoms with Crippen LogP contribution in [0.5, 0.6) is 0 Å². The van der Waals surface area contributed by atoms with Gasteiger partial charge >= 0.3 is 0 Å². The van der Waals surface area contributed by atoms with Gasteiger partial charge in [-0.2, -0.15) is 0 Å². The molecule has 0 amide bonds. The number of unbranched alkanes of at least 4 members (excludes halogenated alkanes) is 7. The molecule has 170 valence electrons. The van der Waals surface area contributed by atoms with Gasteiger partial charge in [0.15, 0.2) is 5.82 Å². The van der Waals surface area contributed by atoms with Crippen molar-refractivity contribution in [2.45, 2.75) is 84.5 Å². The first-order chi connectivity index (χ1) is 15.7. The first-order valence-corrected chi connectivity index (χ1v) is 12.4. The number of aromatic nitrogens is 2. The maximum Gasteiger partial charge on any atom is 0.159 e. The summed E-state index contributed by atoms with van der Waals surface area (Å²) in [5.41, 5.74) is 4.76. The summed E-state index contributed by atoms with van der Waals surface area (Å²) in [5, 5.41) is 0. The highest BCUT2D eigenvalue weighted by molar-refractivity contribution is 5.68. The predicted molar refractivity (Wildman–Crippen MR) is 133 cm³/mol. The SMILES string of the molecule is CCCCCCCc1ccc(-c2ccc(-c3ncc(CCCCCC)cn3)cc2)c(F)c1. The van der Waals surface area contributed by atoms with Crippen LogP contribution >= 0.6 is 0 Å². The molecule has 0 radical (unpaired) electrons. The van der Waals surface area contributed by atoms with Gasteiger partial charge in [0.05, 0.1) is 0 Å². The molecule has 0 N–H and O–H groups in total. The average molecular weight is 433 g/mol. The molecular formula is C29H37FN2. The molecule has 2 aromatic carbocycles. The van der Waals surface area contributed by atoms with Gasteiger partial charge in [0.1, 0.15) is 5.82 Å². The fraction of sp³-hybridized carbons (Fsp3) is 0.448. The summed E-state index contributed by atoms with van der Waals surface area (Å²) in [6, 6.07) is 13.6. The van der Waals surface area contributed by atoms with Gasteiger partial charge in [0.2, 0.25) is 0 Å². The number of hydrogen-bond acceptors (Lipinski definition) is 2. The van der Waals surface area contributed by atoms with E-state index in [2.05, 4.69) is 29.9 Å². The average Bonchev–Trinajstić information content (AvgIpc) is 2.82. The van der Waals surface area contributed by atoms with Gasteiger partial charge in [-0.1, -0.05) is 95.2 Å². The number of halogens is 1. The largest absolute Gasteiger partial charge is 0.236 e. The van der Waals surface area contributed by atoms with Crippen molar-refractivity contribution >= 4 is 0 Å². The van der Waals surface area contributed by atoms with Crippen molar-refractivity contribution in [1.29, 1.82) is 0 Å². The van der Waals surface area contributed by atoms with Gasteiger partial charge in [0, 0.05) is 23.5 Å². The van der Waals surface area contributed by atoms with E-state index in [-0.39, 0.29) is 5.82 Å². The van der Waals surface area contributed by atoms with Crippen molar-refractivity contribution in [1.82, 2.24) is 9.97 Å². The predicted octanol–water partition coefficient (Wildman–Crippen LogP) is 8.59. The maximum atomic E-state index is 14.8. The molecule has 0 aliphatic rings. The minimum absolute atomic E-state index is 0.146. The Bertz CT molecular complexity index is 932. The van der Waals surface area contributed by atoms with E-state index in [0.717, 1.165) is 36.0 Å². The second kappa shape index (κ2) is 13.1. The molecule has 0 aliphatic heterocycles. The molecule has 0 bridgehead atoms. The van der Waals surface area contributed by atoms with Crippen molar-refractivity contribution in [3.63, 3.8) is 0 Å². The van der Waals surface area contributed by atoms with E-state index in [4.69, 9.17) is 0 Å². The Balaban J connectivity index is 1.59. The fourth-order valence-electron chi connectivity index (χ4n) is 4.07. The summed E-state index contributed by atoms with van der Waals surface area (Å²) < 4.78 is 14.8. The highest BCUT2D eigenvalue weighted by Gasteiger charge is 2.08. The molecule has 3 aromatic rings. The molecule has 2 nitrogen and oxygen atoms in total. The highest BCUT2D eigenvalue weighted by atomic mass is 19.1. The van der Waals surface area contributed by atoms with Gasteiger partial charge in [-0.3, -0.25) is 0 Å². The molecule has 0 saturated carbocycles. The summed E-state index contributed by atoms with van der Waals surface area (Å²) in [6.07, 6.45) is 17.0. The summed E-state index contributed by atoms with van der Waals surface area (Å²) >= 11 is 0. The van der Waals surface area contributed by atoms with Crippen LogP contribution in [0.2, 0.25) is 0 Å². The second-order valence-electron chi connectivity index (χ2n) is 8.78. The van der Waals surface area contributed by atoms with E-state index < -0.39 is 0 Å². The zero-order valence-corrected chi connectivity index (χ0v) is 19.7. The Kier molecular flexibility index (Phi) is 9.87. The standard InChI is InChI=1S/C29H37FN2/c1-3-5-7-9-11-12-23-14-19-27(28(30)20-23)25-15-17-26(18-16-25)29-31-21-24(22-32-29)13-10-8-6-4-2/h14-22H,3-13H2,1-2H3. The lowest BCUT2D eigenvalue weighted by molar-refractivity contribution is 0.618. The molecule has 32 heavy (non-hydrogen) atoms. The lowest BCUT2D eigenvalue weighted by atomic mass is 9.99. The molecule has 0 fully saturated rings. The number of benzene rings is 2. The second-order valence-corrected chi connectivity index (χ2v) is 8.78.